The number of anilines is 1. The molecule has 1 fully saturated rings. The van der Waals surface area contributed by atoms with Crippen molar-refractivity contribution in [1.29, 1.82) is 0 Å². The van der Waals surface area contributed by atoms with Gasteiger partial charge in [0.15, 0.2) is 0 Å². The zero-order valence-corrected chi connectivity index (χ0v) is 19.4. The summed E-state index contributed by atoms with van der Waals surface area (Å²) in [7, 11) is -2.47. The molecule has 0 spiro atoms. The molecular formula is C24H32N2O4S. The Balaban J connectivity index is 1.90. The van der Waals surface area contributed by atoms with Crippen LogP contribution >= 0.6 is 0 Å². The first-order valence-corrected chi connectivity index (χ1v) is 12.3. The number of nitrogens with one attached hydrogen (secondary N) is 1. The number of carbonyl (C=O) groups excluding carboxylic acids is 1. The number of methoxy groups -OCH3 is 1. The molecule has 0 saturated heterocycles. The van der Waals surface area contributed by atoms with Gasteiger partial charge in [-0.05, 0) is 62.4 Å². The topological polar surface area (TPSA) is 75.7 Å². The molecule has 31 heavy (non-hydrogen) atoms. The number of aryl methyl sites for hydroxylation is 2. The quantitative estimate of drug-likeness (QED) is 0.662. The number of amides is 1. The van der Waals surface area contributed by atoms with Gasteiger partial charge in [0, 0.05) is 6.54 Å². The van der Waals surface area contributed by atoms with Gasteiger partial charge in [-0.3, -0.25) is 9.10 Å². The molecule has 2 aromatic carbocycles. The van der Waals surface area contributed by atoms with Crippen molar-refractivity contribution in [2.24, 2.45) is 5.92 Å². The van der Waals surface area contributed by atoms with Crippen LogP contribution in [-0.4, -0.2) is 34.5 Å². The van der Waals surface area contributed by atoms with Crippen LogP contribution in [0.3, 0.4) is 0 Å². The van der Waals surface area contributed by atoms with E-state index in [1.165, 1.54) is 26.4 Å². The van der Waals surface area contributed by atoms with E-state index < -0.39 is 10.0 Å². The monoisotopic (exact) mass is 444 g/mol. The summed E-state index contributed by atoms with van der Waals surface area (Å²) < 4.78 is 33.7. The summed E-state index contributed by atoms with van der Waals surface area (Å²) in [4.78, 5) is 13.0. The van der Waals surface area contributed by atoms with Crippen LogP contribution in [0.4, 0.5) is 5.69 Å². The smallest absolute Gasteiger partial charge is 0.264 e. The van der Waals surface area contributed by atoms with Gasteiger partial charge in [-0.2, -0.15) is 0 Å². The van der Waals surface area contributed by atoms with Crippen molar-refractivity contribution in [2.45, 2.75) is 50.8 Å². The Bertz CT molecular complexity index is 997. The normalized spacial score (nSPS) is 14.8. The Morgan fingerprint density at radius 1 is 1.03 bits per heavy atom. The van der Waals surface area contributed by atoms with Gasteiger partial charge in [-0.25, -0.2) is 8.42 Å². The van der Waals surface area contributed by atoms with Crippen LogP contribution in [0.2, 0.25) is 0 Å². The number of ether oxygens (including phenoxy) is 1. The molecule has 3 rings (SSSR count). The molecule has 2 aromatic rings. The Kier molecular flexibility index (Phi) is 7.59. The van der Waals surface area contributed by atoms with Crippen LogP contribution in [0.5, 0.6) is 5.75 Å². The maximum Gasteiger partial charge on any atom is 0.264 e. The number of hydrogen-bond donors (Lipinski definition) is 1. The van der Waals surface area contributed by atoms with Crippen molar-refractivity contribution in [3.63, 3.8) is 0 Å². The predicted molar refractivity (Wildman–Crippen MR) is 123 cm³/mol. The van der Waals surface area contributed by atoms with Crippen molar-refractivity contribution in [3.05, 3.63) is 53.6 Å². The van der Waals surface area contributed by atoms with Crippen LogP contribution in [0.1, 0.15) is 43.2 Å². The first-order valence-electron chi connectivity index (χ1n) is 10.8. The average Bonchev–Trinajstić information content (AvgIpc) is 2.77. The summed E-state index contributed by atoms with van der Waals surface area (Å²) in [6, 6.07) is 12.0. The number of sulfonamides is 1. The third kappa shape index (κ3) is 5.79. The first-order chi connectivity index (χ1) is 14.8. The third-order valence-electron chi connectivity index (χ3n) is 5.81. The minimum atomic E-state index is -3.97. The molecule has 0 aromatic heterocycles. The van der Waals surface area contributed by atoms with E-state index >= 15 is 0 Å². The van der Waals surface area contributed by atoms with E-state index in [-0.39, 0.29) is 17.3 Å². The van der Waals surface area contributed by atoms with Gasteiger partial charge in [-0.1, -0.05) is 43.0 Å². The summed E-state index contributed by atoms with van der Waals surface area (Å²) in [5.41, 5.74) is 2.20. The standard InChI is InChI=1S/C24H32N2O4S/c1-18-9-12-21(13-10-18)31(28,29)26(22-15-19(2)11-14-23(22)30-3)17-24(27)25-16-20-7-5-4-6-8-20/h9-15,20H,4-8,16-17H2,1-3H3,(H,25,27). The van der Waals surface area contributed by atoms with Crippen molar-refractivity contribution in [3.8, 4) is 5.75 Å². The van der Waals surface area contributed by atoms with Crippen molar-refractivity contribution in [2.75, 3.05) is 24.5 Å². The molecule has 7 heteroatoms. The lowest BCUT2D eigenvalue weighted by Gasteiger charge is -2.27. The summed E-state index contributed by atoms with van der Waals surface area (Å²) in [5, 5.41) is 2.95. The van der Waals surface area contributed by atoms with E-state index in [1.807, 2.05) is 19.9 Å². The minimum Gasteiger partial charge on any atom is -0.495 e. The molecule has 1 aliphatic carbocycles. The van der Waals surface area contributed by atoms with Gasteiger partial charge in [0.1, 0.15) is 12.3 Å². The van der Waals surface area contributed by atoms with Gasteiger partial charge in [0.2, 0.25) is 5.91 Å². The summed E-state index contributed by atoms with van der Waals surface area (Å²) >= 11 is 0. The zero-order chi connectivity index (χ0) is 22.4. The minimum absolute atomic E-state index is 0.140. The van der Waals surface area contributed by atoms with Gasteiger partial charge in [0.25, 0.3) is 10.0 Å². The van der Waals surface area contributed by atoms with E-state index in [0.29, 0.717) is 23.9 Å². The molecule has 1 N–H and O–H groups in total. The molecular weight excluding hydrogens is 412 g/mol. The first kappa shape index (κ1) is 23.1. The highest BCUT2D eigenvalue weighted by Crippen LogP contribution is 2.33. The number of rotatable bonds is 8. The number of benzene rings is 2. The fourth-order valence-corrected chi connectivity index (χ4v) is 5.39. The number of carbonyl (C=O) groups is 1. The van der Waals surface area contributed by atoms with Crippen molar-refractivity contribution >= 4 is 21.6 Å². The second kappa shape index (κ2) is 10.2. The highest BCUT2D eigenvalue weighted by molar-refractivity contribution is 7.92. The molecule has 1 amide bonds. The second-order valence-electron chi connectivity index (χ2n) is 8.31. The Morgan fingerprint density at radius 3 is 2.32 bits per heavy atom. The molecule has 1 aliphatic rings. The van der Waals surface area contributed by atoms with E-state index in [9.17, 15) is 13.2 Å². The van der Waals surface area contributed by atoms with Gasteiger partial charge in [0.05, 0.1) is 17.7 Å². The lowest BCUT2D eigenvalue weighted by molar-refractivity contribution is -0.119. The molecule has 6 nitrogen and oxygen atoms in total. The maximum atomic E-state index is 13.6. The predicted octanol–water partition coefficient (Wildman–Crippen LogP) is 4.20. The van der Waals surface area contributed by atoms with Crippen LogP contribution < -0.4 is 14.4 Å². The average molecular weight is 445 g/mol. The second-order valence-corrected chi connectivity index (χ2v) is 10.2. The highest BCUT2D eigenvalue weighted by Gasteiger charge is 2.29. The lowest BCUT2D eigenvalue weighted by Crippen LogP contribution is -2.42. The van der Waals surface area contributed by atoms with E-state index in [2.05, 4.69) is 5.32 Å². The van der Waals surface area contributed by atoms with Crippen LogP contribution in [0.25, 0.3) is 0 Å². The third-order valence-corrected chi connectivity index (χ3v) is 7.59. The van der Waals surface area contributed by atoms with E-state index in [1.54, 1.807) is 36.4 Å². The zero-order valence-electron chi connectivity index (χ0n) is 18.6. The largest absolute Gasteiger partial charge is 0.495 e. The molecule has 0 bridgehead atoms. The van der Waals surface area contributed by atoms with Crippen LogP contribution in [0.15, 0.2) is 47.4 Å². The van der Waals surface area contributed by atoms with Crippen molar-refractivity contribution in [1.82, 2.24) is 5.32 Å². The molecule has 0 atom stereocenters. The highest BCUT2D eigenvalue weighted by atomic mass is 32.2. The van der Waals surface area contributed by atoms with Gasteiger partial charge >= 0.3 is 0 Å². The molecule has 0 radical (unpaired) electrons. The Morgan fingerprint density at radius 2 is 1.68 bits per heavy atom. The fourth-order valence-electron chi connectivity index (χ4n) is 3.97. The molecule has 0 unspecified atom stereocenters. The fraction of sp³-hybridized carbons (Fsp3) is 0.458. The maximum absolute atomic E-state index is 13.6. The lowest BCUT2D eigenvalue weighted by atomic mass is 9.89. The van der Waals surface area contributed by atoms with Crippen molar-refractivity contribution < 1.29 is 17.9 Å². The van der Waals surface area contributed by atoms with E-state index in [0.717, 1.165) is 28.3 Å². The van der Waals surface area contributed by atoms with Gasteiger partial charge in [-0.15, -0.1) is 0 Å². The number of hydrogen-bond acceptors (Lipinski definition) is 4. The summed E-state index contributed by atoms with van der Waals surface area (Å²) in [6.45, 7) is 4.06. The van der Waals surface area contributed by atoms with E-state index in [4.69, 9.17) is 4.74 Å². The molecule has 0 aliphatic heterocycles. The molecule has 168 valence electrons. The van der Waals surface area contributed by atoms with Crippen LogP contribution in [0, 0.1) is 19.8 Å². The summed E-state index contributed by atoms with van der Waals surface area (Å²) in [6.07, 6.45) is 5.85. The molecule has 1 saturated carbocycles. The van der Waals surface area contributed by atoms with Crippen LogP contribution in [-0.2, 0) is 14.8 Å². The van der Waals surface area contributed by atoms with Gasteiger partial charge < -0.3 is 10.1 Å². The Labute approximate surface area is 185 Å². The SMILES string of the molecule is COc1ccc(C)cc1N(CC(=O)NCC1CCCCC1)S(=O)(=O)c1ccc(C)cc1. The Hall–Kier alpha value is -2.54. The molecule has 0 heterocycles. The summed E-state index contributed by atoms with van der Waals surface area (Å²) in [5.74, 6) is 0.555. The number of nitrogens with zero attached hydrogens (tertiary/aromatic N) is 1.